The number of urea groups is 1. The van der Waals surface area contributed by atoms with Crippen molar-refractivity contribution in [3.63, 3.8) is 0 Å². The van der Waals surface area contributed by atoms with Gasteiger partial charge in [0.15, 0.2) is 0 Å². The van der Waals surface area contributed by atoms with E-state index >= 15 is 0 Å². The van der Waals surface area contributed by atoms with Gasteiger partial charge in [-0.3, -0.25) is 4.98 Å². The first-order valence-electron chi connectivity index (χ1n) is 9.47. The summed E-state index contributed by atoms with van der Waals surface area (Å²) in [5.74, 6) is -0.319. The van der Waals surface area contributed by atoms with Crippen molar-refractivity contribution in [1.82, 2.24) is 14.7 Å². The molecule has 4 rings (SSSR count). The minimum atomic E-state index is -4.11. The molecule has 1 N–H and O–H groups in total. The molecular weight excluding hydrogens is 450 g/mol. The van der Waals surface area contributed by atoms with Crippen molar-refractivity contribution >= 4 is 33.4 Å². The maximum Gasteiger partial charge on any atom is 0.351 e. The van der Waals surface area contributed by atoms with Gasteiger partial charge in [0.2, 0.25) is 0 Å². The number of sulfonamides is 1. The number of amides is 2. The lowest BCUT2D eigenvalue weighted by atomic mass is 9.93. The maximum atomic E-state index is 12.8. The Hall–Kier alpha value is -3.74. The summed E-state index contributed by atoms with van der Waals surface area (Å²) in [5.41, 5.74) is 2.29. The monoisotopic (exact) mass is 465 g/mol. The summed E-state index contributed by atoms with van der Waals surface area (Å²) in [6.07, 6.45) is 1.42. The van der Waals surface area contributed by atoms with E-state index in [0.29, 0.717) is 22.0 Å². The largest absolute Gasteiger partial charge is 0.351 e. The van der Waals surface area contributed by atoms with Gasteiger partial charge in [-0.15, -0.1) is 0 Å². The molecule has 0 aliphatic carbocycles. The number of hydrogen-bond donors (Lipinski definition) is 1. The second kappa shape index (κ2) is 8.78. The van der Waals surface area contributed by atoms with Crippen LogP contribution in [0.15, 0.2) is 82.9 Å². The molecule has 1 unspecified atom stereocenters. The summed E-state index contributed by atoms with van der Waals surface area (Å²) in [6.45, 7) is 0.128. The Bertz CT molecular complexity index is 1320. The van der Waals surface area contributed by atoms with Gasteiger partial charge in [0.05, 0.1) is 34.3 Å². The first-order chi connectivity index (χ1) is 15.4. The third-order valence-electron chi connectivity index (χ3n) is 4.85. The molecule has 10 heteroatoms. The van der Waals surface area contributed by atoms with Crippen molar-refractivity contribution in [3.8, 4) is 6.07 Å². The van der Waals surface area contributed by atoms with Gasteiger partial charge in [-0.25, -0.2) is 22.9 Å². The van der Waals surface area contributed by atoms with E-state index in [4.69, 9.17) is 16.9 Å². The molecule has 0 spiro atoms. The molecule has 0 saturated carbocycles. The lowest BCUT2D eigenvalue weighted by Crippen LogP contribution is -2.39. The Morgan fingerprint density at radius 2 is 1.81 bits per heavy atom. The molecule has 2 amide bonds. The molecule has 0 fully saturated rings. The summed E-state index contributed by atoms with van der Waals surface area (Å²) < 4.78 is 27.2. The molecule has 1 aliphatic heterocycles. The number of carbonyl (C=O) groups excluding carboxylic acids is 1. The van der Waals surface area contributed by atoms with Gasteiger partial charge >= 0.3 is 6.03 Å². The summed E-state index contributed by atoms with van der Waals surface area (Å²) >= 11 is 5.81. The zero-order valence-corrected chi connectivity index (χ0v) is 18.1. The molecule has 1 aliphatic rings. The SMILES string of the molecule is N#Cc1ccc(C2=NN(C(=O)NS(=O)(=O)c3ccc(Cl)cc3)CC2c2ccccc2)nc1. The number of aromatic nitrogens is 1. The predicted octanol–water partition coefficient (Wildman–Crippen LogP) is 3.51. The van der Waals surface area contributed by atoms with Gasteiger partial charge in [-0.05, 0) is 42.0 Å². The summed E-state index contributed by atoms with van der Waals surface area (Å²) in [7, 11) is -4.11. The van der Waals surface area contributed by atoms with Crippen LogP contribution in [0.2, 0.25) is 5.02 Å². The summed E-state index contributed by atoms with van der Waals surface area (Å²) in [5, 5.41) is 14.8. The third-order valence-corrected chi connectivity index (χ3v) is 6.44. The van der Waals surface area contributed by atoms with E-state index in [0.717, 1.165) is 10.6 Å². The number of nitrogens with one attached hydrogen (secondary N) is 1. The van der Waals surface area contributed by atoms with Crippen molar-refractivity contribution in [2.24, 2.45) is 5.10 Å². The lowest BCUT2D eigenvalue weighted by Gasteiger charge is -2.16. The highest BCUT2D eigenvalue weighted by molar-refractivity contribution is 7.90. The van der Waals surface area contributed by atoms with Gasteiger partial charge in [0.1, 0.15) is 6.07 Å². The highest BCUT2D eigenvalue weighted by atomic mass is 35.5. The van der Waals surface area contributed by atoms with E-state index < -0.39 is 16.1 Å². The van der Waals surface area contributed by atoms with E-state index in [-0.39, 0.29) is 17.4 Å². The molecule has 0 bridgehead atoms. The number of carbonyl (C=O) groups is 1. The molecule has 8 nitrogen and oxygen atoms in total. The number of benzene rings is 2. The topological polar surface area (TPSA) is 116 Å². The second-order valence-corrected chi connectivity index (χ2v) is 9.06. The minimum Gasteiger partial charge on any atom is -0.253 e. The van der Waals surface area contributed by atoms with Crippen LogP contribution in [-0.2, 0) is 10.0 Å². The first-order valence-corrected chi connectivity index (χ1v) is 11.3. The molecule has 0 radical (unpaired) electrons. The number of nitrogens with zero attached hydrogens (tertiary/aromatic N) is 4. The van der Waals surface area contributed by atoms with Crippen molar-refractivity contribution in [1.29, 1.82) is 5.26 Å². The van der Waals surface area contributed by atoms with E-state index in [2.05, 4.69) is 10.1 Å². The molecule has 2 aromatic carbocycles. The fraction of sp³-hybridized carbons (Fsp3) is 0.0909. The average molecular weight is 466 g/mol. The van der Waals surface area contributed by atoms with Crippen molar-refractivity contribution in [2.45, 2.75) is 10.8 Å². The van der Waals surface area contributed by atoms with Crippen LogP contribution in [0.1, 0.15) is 22.7 Å². The van der Waals surface area contributed by atoms with Crippen molar-refractivity contribution in [2.75, 3.05) is 6.54 Å². The zero-order chi connectivity index (χ0) is 22.7. The van der Waals surface area contributed by atoms with Crippen LogP contribution < -0.4 is 4.72 Å². The molecule has 160 valence electrons. The molecule has 1 aromatic heterocycles. The van der Waals surface area contributed by atoms with Crippen LogP contribution >= 0.6 is 11.6 Å². The van der Waals surface area contributed by atoms with Crippen LogP contribution in [0.4, 0.5) is 4.79 Å². The fourth-order valence-corrected chi connectivity index (χ4v) is 4.33. The van der Waals surface area contributed by atoms with Crippen molar-refractivity contribution < 1.29 is 13.2 Å². The van der Waals surface area contributed by atoms with Crippen molar-refractivity contribution in [3.05, 3.63) is 94.8 Å². The molecular formula is C22H16ClN5O3S. The summed E-state index contributed by atoms with van der Waals surface area (Å²) in [4.78, 5) is 17.0. The number of nitriles is 1. The average Bonchev–Trinajstić information content (AvgIpc) is 3.25. The Balaban J connectivity index is 1.63. The lowest BCUT2D eigenvalue weighted by molar-refractivity contribution is 0.210. The Kier molecular flexibility index (Phi) is 5.90. The predicted molar refractivity (Wildman–Crippen MR) is 119 cm³/mol. The van der Waals surface area contributed by atoms with Gasteiger partial charge < -0.3 is 0 Å². The normalized spacial score (nSPS) is 15.7. The van der Waals surface area contributed by atoms with Gasteiger partial charge in [0.25, 0.3) is 10.0 Å². The number of hydrazone groups is 1. The molecule has 1 atom stereocenters. The van der Waals surface area contributed by atoms with Crippen LogP contribution in [0, 0.1) is 11.3 Å². The van der Waals surface area contributed by atoms with E-state index in [1.807, 2.05) is 41.1 Å². The maximum absolute atomic E-state index is 12.8. The van der Waals surface area contributed by atoms with Crippen LogP contribution in [0.3, 0.4) is 0 Å². The minimum absolute atomic E-state index is 0.0907. The summed E-state index contributed by atoms with van der Waals surface area (Å²) in [6, 6.07) is 19.3. The van der Waals surface area contributed by atoms with Crippen LogP contribution in [-0.4, -0.2) is 36.7 Å². The van der Waals surface area contributed by atoms with Gasteiger partial charge in [-0.2, -0.15) is 10.4 Å². The highest BCUT2D eigenvalue weighted by Gasteiger charge is 2.34. The molecule has 0 saturated heterocycles. The highest BCUT2D eigenvalue weighted by Crippen LogP contribution is 2.28. The Morgan fingerprint density at radius 1 is 1.09 bits per heavy atom. The Labute approximate surface area is 189 Å². The quantitative estimate of drug-likeness (QED) is 0.633. The van der Waals surface area contributed by atoms with Crippen LogP contribution in [0.25, 0.3) is 0 Å². The number of pyridine rings is 1. The number of halogens is 1. The standard InChI is InChI=1S/C22H16ClN5O3S/c23-17-7-9-18(10-8-17)32(30,31)27-22(29)28-14-19(16-4-2-1-3-5-16)21(26-28)20-11-6-15(12-24)13-25-20/h1-11,13,19H,14H2,(H,27,29). The molecule has 3 aromatic rings. The zero-order valence-electron chi connectivity index (χ0n) is 16.5. The second-order valence-electron chi connectivity index (χ2n) is 6.94. The molecule has 2 heterocycles. The number of hydrogen-bond acceptors (Lipinski definition) is 6. The third kappa shape index (κ3) is 4.46. The smallest absolute Gasteiger partial charge is 0.253 e. The molecule has 32 heavy (non-hydrogen) atoms. The first kappa shape index (κ1) is 21.5. The van der Waals surface area contributed by atoms with E-state index in [1.54, 1.807) is 12.1 Å². The van der Waals surface area contributed by atoms with E-state index in [1.165, 1.54) is 30.5 Å². The van der Waals surface area contributed by atoms with Gasteiger partial charge in [-0.1, -0.05) is 41.9 Å². The number of rotatable bonds is 4. The Morgan fingerprint density at radius 3 is 2.44 bits per heavy atom. The van der Waals surface area contributed by atoms with E-state index in [9.17, 15) is 13.2 Å². The fourth-order valence-electron chi connectivity index (χ4n) is 3.26. The van der Waals surface area contributed by atoms with Crippen LogP contribution in [0.5, 0.6) is 0 Å². The van der Waals surface area contributed by atoms with Gasteiger partial charge in [0, 0.05) is 11.2 Å².